The lowest BCUT2D eigenvalue weighted by molar-refractivity contribution is -0.176. The van der Waals surface area contributed by atoms with Gasteiger partial charge in [-0.05, 0) is 0 Å². The molecule has 0 aromatic carbocycles. The first-order chi connectivity index (χ1) is 3.41. The number of carbonyl (C=O) groups excluding carboxylic acids is 1. The molecule has 0 bridgehead atoms. The molecule has 0 aromatic heterocycles. The van der Waals surface area contributed by atoms with Gasteiger partial charge in [-0.2, -0.15) is 0 Å². The highest BCUT2D eigenvalue weighted by Gasteiger charge is 1.36. The summed E-state index contributed by atoms with van der Waals surface area (Å²) in [7, 11) is 0. The van der Waals surface area contributed by atoms with Crippen LogP contribution >= 0.6 is 12.3 Å². The van der Waals surface area contributed by atoms with Crippen molar-refractivity contribution in [2.24, 2.45) is 0 Å². The van der Waals surface area contributed by atoms with Crippen molar-refractivity contribution in [1.29, 1.82) is 0 Å². The smallest absolute Gasteiger partial charge is 0.152 e. The molecule has 0 spiro atoms. The summed E-state index contributed by atoms with van der Waals surface area (Å²) < 4.78 is 14.1. The van der Waals surface area contributed by atoms with Gasteiger partial charge in [0.05, 0.1) is 0 Å². The van der Waals surface area contributed by atoms with Crippen LogP contribution in [-0.2, 0) is 4.79 Å². The highest BCUT2D eigenvalue weighted by molar-refractivity contribution is 7.87. The monoisotopic (exact) mass is 130 g/mol. The molecule has 0 rings (SSSR count). The van der Waals surface area contributed by atoms with Gasteiger partial charge < -0.3 is 13.9 Å². The third kappa shape index (κ3) is 4450. The van der Waals surface area contributed by atoms with Crippen LogP contribution in [0.5, 0.6) is 0 Å². The third-order valence-electron chi connectivity index (χ3n) is 0. The van der Waals surface area contributed by atoms with Crippen molar-refractivity contribution in [3.63, 3.8) is 0 Å². The number of rotatable bonds is 0. The molecule has 0 aliphatic carbocycles. The van der Waals surface area contributed by atoms with E-state index in [0.29, 0.717) is 0 Å². The highest BCUT2D eigenvalue weighted by Crippen LogP contribution is 1.67. The Morgan fingerprint density at radius 3 is 1.14 bits per heavy atom. The summed E-state index contributed by atoms with van der Waals surface area (Å²) in [6.07, 6.45) is 0. The first kappa shape index (κ1) is 15.8. The number of hydrogen-bond acceptors (Lipinski definition) is 6. The fraction of sp³-hybridized carbons (Fsp3) is 0. The second kappa shape index (κ2) is 187. The molecule has 4 N–H and O–H groups in total. The zero-order valence-corrected chi connectivity index (χ0v) is 4.13. The van der Waals surface area contributed by atoms with E-state index in [1.165, 1.54) is 0 Å². The van der Waals surface area contributed by atoms with E-state index in [4.69, 9.17) is 24.4 Å². The lowest BCUT2D eigenvalue weighted by Gasteiger charge is -1.51. The maximum absolute atomic E-state index is 8.00. The van der Waals surface area contributed by atoms with Crippen LogP contribution in [0.15, 0.2) is 0 Å². The lowest BCUT2D eigenvalue weighted by Crippen LogP contribution is -1.31. The molecule has 0 atom stereocenters. The van der Waals surface area contributed by atoms with E-state index in [1.54, 1.807) is 0 Å². The van der Waals surface area contributed by atoms with E-state index in [0.717, 1.165) is 0 Å². The third-order valence-corrected chi connectivity index (χ3v) is 0. The van der Waals surface area contributed by atoms with Crippen molar-refractivity contribution in [2.45, 2.75) is 0 Å². The zero-order chi connectivity index (χ0) is 6.71. The topological polar surface area (TPSA) is 98.0 Å². The summed E-state index contributed by atoms with van der Waals surface area (Å²) in [5.41, 5.74) is 0. The van der Waals surface area contributed by atoms with E-state index in [9.17, 15) is 0 Å². The van der Waals surface area contributed by atoms with E-state index < -0.39 is 0 Å². The predicted octanol–water partition coefficient (Wildman–Crippen LogP) is 0.498. The second-order valence-corrected chi connectivity index (χ2v) is 0.245. The SMILES string of the molecule is C=O.OO.OSO. The quantitative estimate of drug-likeness (QED) is 0.216. The Hall–Kier alpha value is -0.140. The van der Waals surface area contributed by atoms with E-state index in [2.05, 4.69) is 0 Å². The molecule has 0 saturated carbocycles. The minimum atomic E-state index is -0.250. The molecule has 0 heterocycles. The Morgan fingerprint density at radius 1 is 1.14 bits per heavy atom. The van der Waals surface area contributed by atoms with Crippen LogP contribution in [0.2, 0.25) is 0 Å². The standard InChI is InChI=1S/CH2O.H2O2S.H2O2/c1-2;1-3-2;1-2/h1H2;1-2H;1-2H. The zero-order valence-electron chi connectivity index (χ0n) is 3.31. The average Bonchev–Trinajstić information content (AvgIpc) is 1.78. The Kier molecular flexibility index (Phi) is 423. The molecule has 0 radical (unpaired) electrons. The van der Waals surface area contributed by atoms with Crippen LogP contribution in [0.4, 0.5) is 0 Å². The number of carbonyl (C=O) groups is 1. The van der Waals surface area contributed by atoms with Crippen molar-refractivity contribution >= 4 is 19.1 Å². The Bertz CT molecular complexity index is 12.0. The van der Waals surface area contributed by atoms with Gasteiger partial charge in [0.25, 0.3) is 0 Å². The minimum Gasteiger partial charge on any atom is -0.307 e. The van der Waals surface area contributed by atoms with Crippen LogP contribution in [0, 0.1) is 0 Å². The molecular weight excluding hydrogens is 124 g/mol. The maximum atomic E-state index is 8.00. The largest absolute Gasteiger partial charge is 0.307 e. The molecule has 6 heteroatoms. The highest BCUT2D eigenvalue weighted by atomic mass is 32.2. The molecule has 5 nitrogen and oxygen atoms in total. The molecular formula is CH6O5S. The molecule has 0 aliphatic rings. The van der Waals surface area contributed by atoms with Crippen LogP contribution in [0.1, 0.15) is 0 Å². The van der Waals surface area contributed by atoms with Gasteiger partial charge in [0.1, 0.15) is 6.79 Å². The van der Waals surface area contributed by atoms with Gasteiger partial charge in [-0.1, -0.05) is 0 Å². The molecule has 46 valence electrons. The Labute approximate surface area is 44.6 Å². The molecule has 7 heavy (non-hydrogen) atoms. The van der Waals surface area contributed by atoms with Crippen molar-refractivity contribution in [1.82, 2.24) is 0 Å². The van der Waals surface area contributed by atoms with Gasteiger partial charge >= 0.3 is 0 Å². The van der Waals surface area contributed by atoms with Gasteiger partial charge in [-0.15, -0.1) is 0 Å². The molecule has 0 unspecified atom stereocenters. The fourth-order valence-electron chi connectivity index (χ4n) is 0. The van der Waals surface area contributed by atoms with Crippen LogP contribution < -0.4 is 0 Å². The summed E-state index contributed by atoms with van der Waals surface area (Å²) in [6, 6.07) is 0. The fourth-order valence-corrected chi connectivity index (χ4v) is 0. The van der Waals surface area contributed by atoms with E-state index in [1.807, 2.05) is 6.79 Å². The summed E-state index contributed by atoms with van der Waals surface area (Å²) in [5, 5.41) is 12.0. The second-order valence-electron chi connectivity index (χ2n) is 0.0816. The summed E-state index contributed by atoms with van der Waals surface area (Å²) in [6.45, 7) is 2.00. The molecule has 0 fully saturated rings. The average molecular weight is 130 g/mol. The van der Waals surface area contributed by atoms with Crippen molar-refractivity contribution in [3.8, 4) is 0 Å². The van der Waals surface area contributed by atoms with Crippen molar-refractivity contribution < 1.29 is 24.4 Å². The van der Waals surface area contributed by atoms with E-state index in [-0.39, 0.29) is 12.3 Å². The summed E-state index contributed by atoms with van der Waals surface area (Å²) in [5.74, 6) is 0. The van der Waals surface area contributed by atoms with Crippen LogP contribution in [0.3, 0.4) is 0 Å². The lowest BCUT2D eigenvalue weighted by atomic mass is 11.9. The van der Waals surface area contributed by atoms with Gasteiger partial charge in [0, 0.05) is 0 Å². The summed E-state index contributed by atoms with van der Waals surface area (Å²) in [4.78, 5) is 8.00. The van der Waals surface area contributed by atoms with Crippen LogP contribution in [-0.4, -0.2) is 26.4 Å². The van der Waals surface area contributed by atoms with Crippen molar-refractivity contribution in [3.05, 3.63) is 0 Å². The molecule has 0 aliphatic heterocycles. The Morgan fingerprint density at radius 2 is 1.14 bits per heavy atom. The molecule has 0 aromatic rings. The first-order valence-electron chi connectivity index (χ1n) is 0.854. The van der Waals surface area contributed by atoms with Gasteiger partial charge in [0.15, 0.2) is 12.3 Å². The Balaban J connectivity index is -0.0000000360. The number of hydrogen-bond donors (Lipinski definition) is 4. The molecule has 0 amide bonds. The van der Waals surface area contributed by atoms with Gasteiger partial charge in [-0.3, -0.25) is 10.5 Å². The predicted molar refractivity (Wildman–Crippen MR) is 25.2 cm³/mol. The van der Waals surface area contributed by atoms with Crippen molar-refractivity contribution in [2.75, 3.05) is 0 Å². The minimum absolute atomic E-state index is 0.250. The normalized spacial score (nSPS) is 4.00. The first-order valence-corrected chi connectivity index (χ1v) is 1.58. The molecule has 0 saturated heterocycles. The van der Waals surface area contributed by atoms with Crippen LogP contribution in [0.25, 0.3) is 0 Å². The van der Waals surface area contributed by atoms with Gasteiger partial charge in [-0.25, -0.2) is 0 Å². The van der Waals surface area contributed by atoms with Gasteiger partial charge in [0.2, 0.25) is 0 Å². The maximum Gasteiger partial charge on any atom is 0.152 e. The summed E-state index contributed by atoms with van der Waals surface area (Å²) >= 11 is -0.250. The van der Waals surface area contributed by atoms with E-state index >= 15 is 0 Å².